The summed E-state index contributed by atoms with van der Waals surface area (Å²) in [5, 5.41) is 8.58. The summed E-state index contributed by atoms with van der Waals surface area (Å²) < 4.78 is 33.9. The molecule has 0 aromatic carbocycles. The molecule has 0 aliphatic heterocycles. The van der Waals surface area contributed by atoms with E-state index in [0.29, 0.717) is 5.69 Å². The van der Waals surface area contributed by atoms with Gasteiger partial charge in [0.15, 0.2) is 12.3 Å². The van der Waals surface area contributed by atoms with Crippen LogP contribution in [0.5, 0.6) is 0 Å². The molecule has 0 spiro atoms. The summed E-state index contributed by atoms with van der Waals surface area (Å²) in [5.41, 5.74) is 0.713. The first-order chi connectivity index (χ1) is 7.94. The molecule has 0 saturated heterocycles. The van der Waals surface area contributed by atoms with Gasteiger partial charge in [-0.3, -0.25) is 4.18 Å². The Balaban J connectivity index is 0.000000325. The summed E-state index contributed by atoms with van der Waals surface area (Å²) in [7, 11) is -4.42. The van der Waals surface area contributed by atoms with Crippen LogP contribution in [0.4, 0.5) is 0 Å². The molecule has 0 aliphatic carbocycles. The first-order valence-corrected chi connectivity index (χ1v) is 6.26. The number of nitriles is 1. The van der Waals surface area contributed by atoms with E-state index in [0.717, 1.165) is 6.54 Å². The summed E-state index contributed by atoms with van der Waals surface area (Å²) in [6, 6.07) is 7.71. The second-order valence-electron chi connectivity index (χ2n) is 2.80. The molecule has 0 saturated carbocycles. The monoisotopic (exact) mass is 258 g/mol. The fraction of sp³-hybridized carbons (Fsp3) is 0.400. The van der Waals surface area contributed by atoms with Gasteiger partial charge in [0.2, 0.25) is 10.4 Å². The van der Waals surface area contributed by atoms with Crippen molar-refractivity contribution in [2.45, 2.75) is 20.4 Å². The van der Waals surface area contributed by atoms with Gasteiger partial charge in [-0.15, -0.1) is 0 Å². The van der Waals surface area contributed by atoms with Crippen LogP contribution in [-0.2, 0) is 21.1 Å². The lowest BCUT2D eigenvalue weighted by Crippen LogP contribution is -2.35. The summed E-state index contributed by atoms with van der Waals surface area (Å²) in [6.07, 6.45) is 1.90. The fourth-order valence-electron chi connectivity index (χ4n) is 0.998. The van der Waals surface area contributed by atoms with Crippen molar-refractivity contribution in [3.05, 3.63) is 30.1 Å². The minimum Gasteiger partial charge on any atom is -0.726 e. The molecule has 94 valence electrons. The third-order valence-electron chi connectivity index (χ3n) is 1.66. The highest BCUT2D eigenvalue weighted by Crippen LogP contribution is 1.86. The van der Waals surface area contributed by atoms with E-state index in [9.17, 15) is 13.0 Å². The number of rotatable bonds is 3. The zero-order valence-electron chi connectivity index (χ0n) is 9.66. The minimum atomic E-state index is -4.42. The molecule has 17 heavy (non-hydrogen) atoms. The lowest BCUT2D eigenvalue weighted by atomic mass is 10.3. The van der Waals surface area contributed by atoms with Crippen LogP contribution in [0.1, 0.15) is 19.5 Å². The Bertz CT molecular complexity index is 479. The van der Waals surface area contributed by atoms with Gasteiger partial charge in [-0.2, -0.15) is 9.83 Å². The van der Waals surface area contributed by atoms with Crippen molar-refractivity contribution in [3.8, 4) is 6.07 Å². The molecule has 0 atom stereocenters. The molecule has 6 nitrogen and oxygen atoms in total. The molecule has 7 heteroatoms. The van der Waals surface area contributed by atoms with Crippen molar-refractivity contribution in [2.24, 2.45) is 0 Å². The van der Waals surface area contributed by atoms with Crippen molar-refractivity contribution in [3.63, 3.8) is 0 Å². The predicted molar refractivity (Wildman–Crippen MR) is 58.3 cm³/mol. The number of pyridine rings is 1. The number of hydrogen-bond acceptors (Lipinski definition) is 5. The van der Waals surface area contributed by atoms with E-state index in [2.05, 4.69) is 10.3 Å². The average molecular weight is 258 g/mol. The Morgan fingerprint density at radius 3 is 2.41 bits per heavy atom. The molecule has 0 bridgehead atoms. The molecule has 1 aromatic heterocycles. The van der Waals surface area contributed by atoms with Gasteiger partial charge in [0, 0.05) is 12.1 Å². The number of hydrogen-bond donors (Lipinski definition) is 0. The summed E-state index contributed by atoms with van der Waals surface area (Å²) in [6.45, 7) is 4.20. The average Bonchev–Trinajstić information content (AvgIpc) is 2.28. The third kappa shape index (κ3) is 7.41. The molecule has 1 heterocycles. The molecule has 0 N–H and O–H groups in total. The number of nitrogens with zero attached hydrogens (tertiary/aromatic N) is 2. The van der Waals surface area contributed by atoms with Crippen LogP contribution in [0.2, 0.25) is 0 Å². The predicted octanol–water partition coefficient (Wildman–Crippen LogP) is 0.349. The van der Waals surface area contributed by atoms with E-state index in [1.807, 2.05) is 35.9 Å². The Hall–Kier alpha value is -1.49. The molecule has 0 aliphatic rings. The van der Waals surface area contributed by atoms with Gasteiger partial charge < -0.3 is 4.55 Å². The lowest BCUT2D eigenvalue weighted by Gasteiger charge is -2.02. The van der Waals surface area contributed by atoms with E-state index < -0.39 is 10.4 Å². The maximum Gasteiger partial charge on any atom is 0.283 e. The largest absolute Gasteiger partial charge is 0.726 e. The summed E-state index contributed by atoms with van der Waals surface area (Å²) in [4.78, 5) is 0. The Kier molecular flexibility index (Phi) is 7.05. The minimum absolute atomic E-state index is 0.0914. The van der Waals surface area contributed by atoms with Crippen LogP contribution in [0.25, 0.3) is 0 Å². The van der Waals surface area contributed by atoms with E-state index in [-0.39, 0.29) is 6.61 Å². The highest BCUT2D eigenvalue weighted by Gasteiger charge is 2.02. The van der Waals surface area contributed by atoms with Gasteiger partial charge in [-0.25, -0.2) is 8.42 Å². The molecule has 1 rings (SSSR count). The smallest absolute Gasteiger partial charge is 0.283 e. The summed E-state index contributed by atoms with van der Waals surface area (Å²) >= 11 is 0. The molecule has 0 amide bonds. The van der Waals surface area contributed by atoms with Crippen molar-refractivity contribution >= 4 is 10.4 Å². The molecule has 0 unspecified atom stereocenters. The zero-order valence-corrected chi connectivity index (χ0v) is 10.5. The van der Waals surface area contributed by atoms with E-state index >= 15 is 0 Å². The van der Waals surface area contributed by atoms with Crippen LogP contribution in [0.15, 0.2) is 24.4 Å². The lowest BCUT2D eigenvalue weighted by molar-refractivity contribution is -0.696. The van der Waals surface area contributed by atoms with Gasteiger partial charge in [0.05, 0.1) is 6.61 Å². The first-order valence-electron chi connectivity index (χ1n) is 4.93. The number of aromatic nitrogens is 1. The Morgan fingerprint density at radius 2 is 2.12 bits per heavy atom. The van der Waals surface area contributed by atoms with Crippen molar-refractivity contribution < 1.29 is 21.7 Å². The van der Waals surface area contributed by atoms with Gasteiger partial charge >= 0.3 is 0 Å². The SMILES string of the molecule is CCOS(=O)(=O)[O-].CC[n+]1ccccc1C#N. The molecular formula is C10H14N2O4S. The van der Waals surface area contributed by atoms with Gasteiger partial charge in [0.25, 0.3) is 5.69 Å². The zero-order chi connectivity index (χ0) is 13.3. The van der Waals surface area contributed by atoms with Crippen LogP contribution in [0.3, 0.4) is 0 Å². The second-order valence-corrected chi connectivity index (χ2v) is 3.85. The highest BCUT2D eigenvalue weighted by atomic mass is 32.3. The maximum atomic E-state index is 9.45. The van der Waals surface area contributed by atoms with Gasteiger partial charge in [-0.1, -0.05) is 0 Å². The van der Waals surface area contributed by atoms with E-state index in [4.69, 9.17) is 5.26 Å². The van der Waals surface area contributed by atoms with E-state index in [1.165, 1.54) is 6.92 Å². The fourth-order valence-corrected chi connectivity index (χ4v) is 1.29. The van der Waals surface area contributed by atoms with Gasteiger partial charge in [-0.05, 0) is 19.9 Å². The Morgan fingerprint density at radius 1 is 1.47 bits per heavy atom. The Labute approximate surface area is 101 Å². The topological polar surface area (TPSA) is 94.1 Å². The van der Waals surface area contributed by atoms with Gasteiger partial charge in [0.1, 0.15) is 6.54 Å². The molecule has 1 aromatic rings. The molecular weight excluding hydrogens is 244 g/mol. The standard InChI is InChI=1S/C8H9N2.C2H6O4S/c1-2-10-6-4-3-5-8(10)7-9;1-2-6-7(3,4)5/h3-6H,2H2,1H3;2H2,1H3,(H,3,4,5)/q+1;/p-1. The molecule has 0 fully saturated rings. The normalized spacial score (nSPS) is 10.0. The quantitative estimate of drug-likeness (QED) is 0.443. The second kappa shape index (κ2) is 7.73. The molecule has 0 radical (unpaired) electrons. The van der Waals surface area contributed by atoms with E-state index in [1.54, 1.807) is 0 Å². The van der Waals surface area contributed by atoms with Crippen LogP contribution >= 0.6 is 0 Å². The maximum absolute atomic E-state index is 9.45. The van der Waals surface area contributed by atoms with Crippen LogP contribution in [-0.4, -0.2) is 19.6 Å². The van der Waals surface area contributed by atoms with Crippen LogP contribution in [0, 0.1) is 11.3 Å². The third-order valence-corrected chi connectivity index (χ3v) is 2.18. The summed E-state index contributed by atoms with van der Waals surface area (Å²) in [5.74, 6) is 0. The van der Waals surface area contributed by atoms with Crippen molar-refractivity contribution in [2.75, 3.05) is 6.61 Å². The number of aryl methyl sites for hydroxylation is 1. The van der Waals surface area contributed by atoms with Crippen LogP contribution < -0.4 is 4.57 Å². The van der Waals surface area contributed by atoms with Crippen molar-refractivity contribution in [1.82, 2.24) is 0 Å². The first kappa shape index (κ1) is 15.5. The highest BCUT2D eigenvalue weighted by molar-refractivity contribution is 7.80. The van der Waals surface area contributed by atoms with Crippen molar-refractivity contribution in [1.29, 1.82) is 5.26 Å².